The Bertz CT molecular complexity index is 234. The number of hydrogen-bond acceptors (Lipinski definition) is 5. The minimum absolute atomic E-state index is 0.387. The van der Waals surface area contributed by atoms with Crippen LogP contribution in [0.15, 0.2) is 12.4 Å². The van der Waals surface area contributed by atoms with Crippen molar-refractivity contribution in [1.29, 1.82) is 0 Å². The molecule has 0 saturated carbocycles. The number of nitrogens with two attached hydrogens (primary N) is 1. The summed E-state index contributed by atoms with van der Waals surface area (Å²) in [6, 6.07) is 0. The number of aliphatic hydroxyl groups excluding tert-OH is 1. The minimum Gasteiger partial charge on any atom is -0.392 e. The number of aromatic nitrogens is 2. The first-order valence-corrected chi connectivity index (χ1v) is 3.68. The monoisotopic (exact) mass is 168 g/mol. The van der Waals surface area contributed by atoms with Crippen LogP contribution in [0.2, 0.25) is 0 Å². The summed E-state index contributed by atoms with van der Waals surface area (Å²) in [5.41, 5.74) is 5.33. The number of nitrogen functional groups attached to an aromatic ring is 1. The van der Waals surface area contributed by atoms with Gasteiger partial charge >= 0.3 is 0 Å². The third-order valence-corrected chi connectivity index (χ3v) is 1.25. The molecule has 0 amide bonds. The van der Waals surface area contributed by atoms with E-state index in [0.717, 1.165) is 0 Å². The lowest BCUT2D eigenvalue weighted by Crippen LogP contribution is -2.16. The molecule has 1 unspecified atom stereocenters. The highest BCUT2D eigenvalue weighted by molar-refractivity contribution is 5.35. The van der Waals surface area contributed by atoms with E-state index in [-0.39, 0.29) is 0 Å². The maximum absolute atomic E-state index is 8.93. The van der Waals surface area contributed by atoms with Crippen LogP contribution in [0.5, 0.6) is 0 Å². The van der Waals surface area contributed by atoms with E-state index in [1.165, 1.54) is 12.4 Å². The van der Waals surface area contributed by atoms with Crippen molar-refractivity contribution < 1.29 is 5.11 Å². The van der Waals surface area contributed by atoms with Crippen LogP contribution in [0.1, 0.15) is 6.92 Å². The Morgan fingerprint density at radius 2 is 2.33 bits per heavy atom. The Morgan fingerprint density at radius 3 is 2.83 bits per heavy atom. The maximum Gasteiger partial charge on any atom is 0.144 e. The first-order chi connectivity index (χ1) is 5.68. The summed E-state index contributed by atoms with van der Waals surface area (Å²) < 4.78 is 0. The highest BCUT2D eigenvalue weighted by Crippen LogP contribution is 2.00. The Labute approximate surface area is 70.6 Å². The number of nitrogens with zero attached hydrogens (tertiary/aromatic N) is 2. The molecule has 5 nitrogen and oxygen atoms in total. The van der Waals surface area contributed by atoms with Gasteiger partial charge in [0.05, 0.1) is 18.5 Å². The predicted molar refractivity (Wildman–Crippen MR) is 46.6 cm³/mol. The average molecular weight is 168 g/mol. The van der Waals surface area contributed by atoms with Crippen molar-refractivity contribution in [3.63, 3.8) is 0 Å². The van der Waals surface area contributed by atoms with E-state index >= 15 is 0 Å². The summed E-state index contributed by atoms with van der Waals surface area (Å²) in [6.45, 7) is 2.15. The van der Waals surface area contributed by atoms with Gasteiger partial charge in [-0.3, -0.25) is 0 Å². The number of aliphatic hydroxyl groups is 1. The molecule has 0 bridgehead atoms. The molecule has 1 heterocycles. The molecular weight excluding hydrogens is 156 g/mol. The van der Waals surface area contributed by atoms with Crippen molar-refractivity contribution in [2.24, 2.45) is 0 Å². The number of rotatable bonds is 3. The second kappa shape index (κ2) is 3.87. The summed E-state index contributed by atoms with van der Waals surface area (Å²) in [7, 11) is 0. The van der Waals surface area contributed by atoms with Gasteiger partial charge in [-0.05, 0) is 6.92 Å². The summed E-state index contributed by atoms with van der Waals surface area (Å²) >= 11 is 0. The van der Waals surface area contributed by atoms with Gasteiger partial charge in [-0.25, -0.2) is 9.97 Å². The van der Waals surface area contributed by atoms with Gasteiger partial charge < -0.3 is 16.2 Å². The van der Waals surface area contributed by atoms with Crippen LogP contribution in [0.4, 0.5) is 11.6 Å². The molecule has 0 radical (unpaired) electrons. The van der Waals surface area contributed by atoms with Crippen molar-refractivity contribution in [2.75, 3.05) is 17.6 Å². The van der Waals surface area contributed by atoms with Gasteiger partial charge in [0.1, 0.15) is 11.6 Å². The first-order valence-electron chi connectivity index (χ1n) is 3.68. The van der Waals surface area contributed by atoms with E-state index in [4.69, 9.17) is 10.8 Å². The van der Waals surface area contributed by atoms with E-state index in [9.17, 15) is 0 Å². The van der Waals surface area contributed by atoms with Crippen LogP contribution in [0.3, 0.4) is 0 Å². The van der Waals surface area contributed by atoms with E-state index in [0.29, 0.717) is 18.2 Å². The fraction of sp³-hybridized carbons (Fsp3) is 0.429. The quantitative estimate of drug-likeness (QED) is 0.584. The first kappa shape index (κ1) is 8.73. The number of hydrogen-bond donors (Lipinski definition) is 3. The highest BCUT2D eigenvalue weighted by Gasteiger charge is 1.96. The molecule has 1 aromatic heterocycles. The SMILES string of the molecule is CC(O)CNc1cnc(N)cn1. The molecular formula is C7H12N4O. The summed E-state index contributed by atoms with van der Waals surface area (Å²) in [5.74, 6) is 1.00. The van der Waals surface area contributed by atoms with Gasteiger partial charge in [0.2, 0.25) is 0 Å². The molecule has 1 rings (SSSR count). The van der Waals surface area contributed by atoms with Crippen LogP contribution in [0, 0.1) is 0 Å². The summed E-state index contributed by atoms with van der Waals surface area (Å²) in [5, 5.41) is 11.8. The third kappa shape index (κ3) is 2.71. The highest BCUT2D eigenvalue weighted by atomic mass is 16.3. The zero-order valence-corrected chi connectivity index (χ0v) is 6.86. The van der Waals surface area contributed by atoms with Gasteiger partial charge in [0.25, 0.3) is 0 Å². The molecule has 0 aliphatic heterocycles. The van der Waals surface area contributed by atoms with E-state index < -0.39 is 6.10 Å². The molecule has 66 valence electrons. The predicted octanol–water partition coefficient (Wildman–Crippen LogP) is -0.149. The minimum atomic E-state index is -0.399. The van der Waals surface area contributed by atoms with Crippen molar-refractivity contribution in [1.82, 2.24) is 9.97 Å². The Balaban J connectivity index is 2.48. The molecule has 0 spiro atoms. The van der Waals surface area contributed by atoms with Gasteiger partial charge in [0.15, 0.2) is 0 Å². The van der Waals surface area contributed by atoms with E-state index in [1.807, 2.05) is 0 Å². The number of anilines is 2. The lowest BCUT2D eigenvalue weighted by atomic mass is 10.4. The lowest BCUT2D eigenvalue weighted by Gasteiger charge is -2.06. The molecule has 0 aliphatic carbocycles. The molecule has 12 heavy (non-hydrogen) atoms. The second-order valence-electron chi connectivity index (χ2n) is 2.56. The van der Waals surface area contributed by atoms with Gasteiger partial charge in [0, 0.05) is 6.54 Å². The van der Waals surface area contributed by atoms with Gasteiger partial charge in [-0.15, -0.1) is 0 Å². The van der Waals surface area contributed by atoms with Crippen LogP contribution in [-0.4, -0.2) is 27.7 Å². The van der Waals surface area contributed by atoms with Crippen LogP contribution in [0.25, 0.3) is 0 Å². The average Bonchev–Trinajstić information content (AvgIpc) is 2.03. The largest absolute Gasteiger partial charge is 0.392 e. The third-order valence-electron chi connectivity index (χ3n) is 1.25. The van der Waals surface area contributed by atoms with E-state index in [1.54, 1.807) is 6.92 Å². The zero-order chi connectivity index (χ0) is 8.97. The fourth-order valence-corrected chi connectivity index (χ4v) is 0.682. The molecule has 0 aliphatic rings. The summed E-state index contributed by atoms with van der Waals surface area (Å²) in [4.78, 5) is 7.77. The van der Waals surface area contributed by atoms with Gasteiger partial charge in [-0.1, -0.05) is 0 Å². The normalized spacial score (nSPS) is 12.5. The molecule has 0 fully saturated rings. The van der Waals surface area contributed by atoms with Crippen LogP contribution < -0.4 is 11.1 Å². The molecule has 4 N–H and O–H groups in total. The zero-order valence-electron chi connectivity index (χ0n) is 6.86. The molecule has 0 saturated heterocycles. The van der Waals surface area contributed by atoms with E-state index in [2.05, 4.69) is 15.3 Å². The molecule has 0 aromatic carbocycles. The lowest BCUT2D eigenvalue weighted by molar-refractivity contribution is 0.208. The molecule has 5 heteroatoms. The van der Waals surface area contributed by atoms with Crippen LogP contribution >= 0.6 is 0 Å². The molecule has 1 aromatic rings. The Morgan fingerprint density at radius 1 is 1.58 bits per heavy atom. The van der Waals surface area contributed by atoms with Crippen molar-refractivity contribution in [2.45, 2.75) is 13.0 Å². The van der Waals surface area contributed by atoms with Crippen molar-refractivity contribution in [3.05, 3.63) is 12.4 Å². The van der Waals surface area contributed by atoms with Crippen LogP contribution in [-0.2, 0) is 0 Å². The van der Waals surface area contributed by atoms with Crippen molar-refractivity contribution in [3.8, 4) is 0 Å². The number of nitrogens with one attached hydrogen (secondary N) is 1. The van der Waals surface area contributed by atoms with Crippen molar-refractivity contribution >= 4 is 11.6 Å². The maximum atomic E-state index is 8.93. The smallest absolute Gasteiger partial charge is 0.144 e. The summed E-state index contributed by atoms with van der Waals surface area (Å²) in [6.07, 6.45) is 2.59. The Hall–Kier alpha value is -1.36. The Kier molecular flexibility index (Phi) is 2.82. The fourth-order valence-electron chi connectivity index (χ4n) is 0.682. The second-order valence-corrected chi connectivity index (χ2v) is 2.56. The topological polar surface area (TPSA) is 84.1 Å². The molecule has 1 atom stereocenters. The van der Waals surface area contributed by atoms with Gasteiger partial charge in [-0.2, -0.15) is 0 Å². The standard InChI is InChI=1S/C7H12N4O/c1-5(12)2-10-7-4-9-6(8)3-11-7/h3-5,12H,2H2,1H3,(H2,8,9)(H,10,11).